The Bertz CT molecular complexity index is 836. The fourth-order valence-electron chi connectivity index (χ4n) is 2.83. The van der Waals surface area contributed by atoms with E-state index in [2.05, 4.69) is 10.1 Å². The van der Waals surface area contributed by atoms with Gasteiger partial charge in [0.1, 0.15) is 5.01 Å². The minimum atomic E-state index is -0.310. The smallest absolute Gasteiger partial charge is 0.310 e. The van der Waals surface area contributed by atoms with Crippen molar-refractivity contribution < 1.29 is 9.53 Å². The molecule has 1 aliphatic carbocycles. The molecule has 0 radical (unpaired) electrons. The Kier molecular flexibility index (Phi) is 3.41. The third-order valence-corrected chi connectivity index (χ3v) is 5.39. The Labute approximate surface area is 137 Å². The maximum absolute atomic E-state index is 12.3. The molecular formula is C17H17N3O2S. The molecule has 1 saturated carbocycles. The van der Waals surface area contributed by atoms with Gasteiger partial charge in [-0.15, -0.1) is 11.3 Å². The Hall–Kier alpha value is -2.21. The predicted molar refractivity (Wildman–Crippen MR) is 88.2 cm³/mol. The monoisotopic (exact) mass is 327 g/mol. The zero-order valence-corrected chi connectivity index (χ0v) is 13.8. The second kappa shape index (κ2) is 5.45. The molecule has 3 atom stereocenters. The summed E-state index contributed by atoms with van der Waals surface area (Å²) in [5.41, 5.74) is 2.07. The van der Waals surface area contributed by atoms with E-state index in [-0.39, 0.29) is 23.9 Å². The van der Waals surface area contributed by atoms with Gasteiger partial charge in [0, 0.05) is 19.2 Å². The van der Waals surface area contributed by atoms with Crippen LogP contribution in [0, 0.1) is 5.92 Å². The Morgan fingerprint density at radius 3 is 3.00 bits per heavy atom. The fourth-order valence-corrected chi connectivity index (χ4v) is 3.78. The number of ether oxygens (including phenoxy) is 1. The van der Waals surface area contributed by atoms with Crippen molar-refractivity contribution in [2.75, 3.05) is 0 Å². The summed E-state index contributed by atoms with van der Waals surface area (Å²) in [6.45, 7) is 1.89. The first-order valence-corrected chi connectivity index (χ1v) is 8.48. The molecule has 1 aromatic carbocycles. The first-order chi connectivity index (χ1) is 11.1. The van der Waals surface area contributed by atoms with E-state index in [1.165, 1.54) is 0 Å². The zero-order valence-electron chi connectivity index (χ0n) is 13.0. The Morgan fingerprint density at radius 2 is 2.26 bits per heavy atom. The number of benzene rings is 1. The third-order valence-electron chi connectivity index (χ3n) is 4.20. The van der Waals surface area contributed by atoms with Crippen LogP contribution in [0.5, 0.6) is 0 Å². The summed E-state index contributed by atoms with van der Waals surface area (Å²) in [5, 5.41) is 5.01. The topological polar surface area (TPSA) is 57.0 Å². The van der Waals surface area contributed by atoms with Crippen LogP contribution in [-0.2, 0) is 16.6 Å². The highest BCUT2D eigenvalue weighted by molar-refractivity contribution is 7.18. The van der Waals surface area contributed by atoms with Crippen molar-refractivity contribution in [3.8, 4) is 0 Å². The van der Waals surface area contributed by atoms with Crippen LogP contribution in [0.1, 0.15) is 35.9 Å². The summed E-state index contributed by atoms with van der Waals surface area (Å²) in [6, 6.07) is 7.96. The first kappa shape index (κ1) is 14.4. The largest absolute Gasteiger partial charge is 0.455 e. The maximum Gasteiger partial charge on any atom is 0.310 e. The van der Waals surface area contributed by atoms with Gasteiger partial charge in [0.15, 0.2) is 6.10 Å². The minimum absolute atomic E-state index is 0.0453. The van der Waals surface area contributed by atoms with Gasteiger partial charge in [0.25, 0.3) is 0 Å². The number of carbonyl (C=O) groups is 1. The number of aromatic nitrogens is 3. The zero-order chi connectivity index (χ0) is 16.0. The van der Waals surface area contributed by atoms with Crippen LogP contribution in [0.4, 0.5) is 0 Å². The number of para-hydroxylation sites is 1. The summed E-state index contributed by atoms with van der Waals surface area (Å²) in [6.07, 6.45) is 4.33. The standard InChI is InChI=1S/C17H17N3O2S/c1-10(16-19-14-5-3-4-6-15(14)23-16)22-17(21)13-7-12(13)11-8-18-20(2)9-11/h3-6,8-10,12-13H,7H2,1-2H3/t10-,12+,13+/m0/s1. The van der Waals surface area contributed by atoms with E-state index in [9.17, 15) is 4.79 Å². The van der Waals surface area contributed by atoms with Crippen LogP contribution in [0.25, 0.3) is 10.2 Å². The lowest BCUT2D eigenvalue weighted by molar-refractivity contribution is -0.150. The van der Waals surface area contributed by atoms with Crippen molar-refractivity contribution in [2.24, 2.45) is 13.0 Å². The van der Waals surface area contributed by atoms with E-state index in [1.807, 2.05) is 50.6 Å². The lowest BCUT2D eigenvalue weighted by Gasteiger charge is -2.10. The molecule has 1 fully saturated rings. The normalized spacial score (nSPS) is 21.3. The molecule has 0 aliphatic heterocycles. The SMILES string of the molecule is C[C@H](OC(=O)[C@@H]1C[C@@H]1c1cnn(C)c1)c1nc2ccccc2s1. The lowest BCUT2D eigenvalue weighted by Crippen LogP contribution is -2.11. The van der Waals surface area contributed by atoms with Gasteiger partial charge in [0.05, 0.1) is 22.3 Å². The van der Waals surface area contributed by atoms with Gasteiger partial charge in [-0.05, 0) is 31.0 Å². The van der Waals surface area contributed by atoms with Gasteiger partial charge in [-0.25, -0.2) is 4.98 Å². The second-order valence-electron chi connectivity index (χ2n) is 5.99. The summed E-state index contributed by atoms with van der Waals surface area (Å²) in [7, 11) is 1.88. The van der Waals surface area contributed by atoms with Crippen LogP contribution < -0.4 is 0 Å². The quantitative estimate of drug-likeness (QED) is 0.689. The second-order valence-corrected chi connectivity index (χ2v) is 7.06. The van der Waals surface area contributed by atoms with Crippen LogP contribution in [-0.4, -0.2) is 20.7 Å². The van der Waals surface area contributed by atoms with Crippen molar-refractivity contribution in [3.63, 3.8) is 0 Å². The van der Waals surface area contributed by atoms with Crippen LogP contribution in [0.15, 0.2) is 36.7 Å². The van der Waals surface area contributed by atoms with Gasteiger partial charge in [0.2, 0.25) is 0 Å². The summed E-state index contributed by atoms with van der Waals surface area (Å²) < 4.78 is 8.51. The molecule has 1 aliphatic rings. The van der Waals surface area contributed by atoms with Crippen LogP contribution in [0.3, 0.4) is 0 Å². The molecule has 118 valence electrons. The van der Waals surface area contributed by atoms with Gasteiger partial charge >= 0.3 is 5.97 Å². The summed E-state index contributed by atoms with van der Waals surface area (Å²) >= 11 is 1.58. The number of nitrogens with zero attached hydrogens (tertiary/aromatic N) is 3. The van der Waals surface area contributed by atoms with Crippen LogP contribution >= 0.6 is 11.3 Å². The highest BCUT2D eigenvalue weighted by Gasteiger charge is 2.46. The van der Waals surface area contributed by atoms with Crippen molar-refractivity contribution in [2.45, 2.75) is 25.4 Å². The van der Waals surface area contributed by atoms with E-state index >= 15 is 0 Å². The number of rotatable bonds is 4. The molecule has 0 spiro atoms. The average molecular weight is 327 g/mol. The van der Waals surface area contributed by atoms with E-state index in [0.717, 1.165) is 27.2 Å². The van der Waals surface area contributed by atoms with Gasteiger partial charge in [-0.2, -0.15) is 5.10 Å². The van der Waals surface area contributed by atoms with Gasteiger partial charge in [-0.1, -0.05) is 12.1 Å². The van der Waals surface area contributed by atoms with E-state index in [1.54, 1.807) is 16.0 Å². The number of hydrogen-bond acceptors (Lipinski definition) is 5. The maximum atomic E-state index is 12.3. The molecule has 2 aromatic heterocycles. The molecular weight excluding hydrogens is 310 g/mol. The number of carbonyl (C=O) groups excluding carboxylic acids is 1. The lowest BCUT2D eigenvalue weighted by atomic mass is 10.2. The number of hydrogen-bond donors (Lipinski definition) is 0. The molecule has 2 heterocycles. The van der Waals surface area contributed by atoms with Crippen molar-refractivity contribution in [1.82, 2.24) is 14.8 Å². The molecule has 5 nitrogen and oxygen atoms in total. The molecule has 0 unspecified atom stereocenters. The predicted octanol–water partition coefficient (Wildman–Crippen LogP) is 3.44. The molecule has 6 heteroatoms. The van der Waals surface area contributed by atoms with Crippen molar-refractivity contribution >= 4 is 27.5 Å². The average Bonchev–Trinajstić information content (AvgIpc) is 3.02. The molecule has 0 bridgehead atoms. The third kappa shape index (κ3) is 2.74. The van der Waals surface area contributed by atoms with E-state index in [4.69, 9.17) is 4.74 Å². The van der Waals surface area contributed by atoms with Gasteiger partial charge < -0.3 is 4.74 Å². The molecule has 23 heavy (non-hydrogen) atoms. The van der Waals surface area contributed by atoms with Gasteiger partial charge in [-0.3, -0.25) is 9.48 Å². The number of thiazole rings is 1. The number of fused-ring (bicyclic) bond motifs is 1. The molecule has 4 rings (SSSR count). The summed E-state index contributed by atoms with van der Waals surface area (Å²) in [5.74, 6) is 0.0698. The molecule has 0 saturated heterocycles. The number of esters is 1. The summed E-state index contributed by atoms with van der Waals surface area (Å²) in [4.78, 5) is 16.9. The van der Waals surface area contributed by atoms with Crippen molar-refractivity contribution in [3.05, 3.63) is 47.2 Å². The number of aryl methyl sites for hydroxylation is 1. The van der Waals surface area contributed by atoms with Crippen LogP contribution in [0.2, 0.25) is 0 Å². The Morgan fingerprint density at radius 1 is 1.43 bits per heavy atom. The fraction of sp³-hybridized carbons (Fsp3) is 0.353. The molecule has 0 amide bonds. The van der Waals surface area contributed by atoms with E-state index < -0.39 is 0 Å². The minimum Gasteiger partial charge on any atom is -0.455 e. The van der Waals surface area contributed by atoms with Crippen molar-refractivity contribution in [1.29, 1.82) is 0 Å². The molecule has 0 N–H and O–H groups in total. The first-order valence-electron chi connectivity index (χ1n) is 7.66. The highest BCUT2D eigenvalue weighted by Crippen LogP contribution is 2.48. The molecule has 3 aromatic rings. The Balaban J connectivity index is 1.42. The highest BCUT2D eigenvalue weighted by atomic mass is 32.1. The van der Waals surface area contributed by atoms with E-state index in [0.29, 0.717) is 0 Å².